The van der Waals surface area contributed by atoms with E-state index in [9.17, 15) is 14.4 Å². The molecule has 1 atom stereocenters. The van der Waals surface area contributed by atoms with Crippen molar-refractivity contribution >= 4 is 28.7 Å². The van der Waals surface area contributed by atoms with Crippen LogP contribution in [0.1, 0.15) is 21.5 Å². The number of aromatic amines is 1. The Kier molecular flexibility index (Phi) is 4.15. The molecule has 3 N–H and O–H groups in total. The second kappa shape index (κ2) is 6.88. The fourth-order valence-electron chi connectivity index (χ4n) is 3.86. The Morgan fingerprint density at radius 2 is 2.10 bits per heavy atom. The molecule has 2 aromatic carbocycles. The molecule has 4 amide bonds. The van der Waals surface area contributed by atoms with Crippen LogP contribution < -0.4 is 15.4 Å². The van der Waals surface area contributed by atoms with E-state index in [4.69, 9.17) is 4.74 Å². The minimum Gasteiger partial charge on any atom is -0.497 e. The van der Waals surface area contributed by atoms with E-state index >= 15 is 0 Å². The van der Waals surface area contributed by atoms with Crippen molar-refractivity contribution in [1.29, 1.82) is 0 Å². The summed E-state index contributed by atoms with van der Waals surface area (Å²) < 4.78 is 5.20. The molecule has 0 aliphatic carbocycles. The van der Waals surface area contributed by atoms with Crippen molar-refractivity contribution in [2.45, 2.75) is 12.1 Å². The number of carbonyl (C=O) groups excluding carboxylic acids is 3. The van der Waals surface area contributed by atoms with Crippen LogP contribution in [0, 0.1) is 11.8 Å². The molecule has 2 aliphatic heterocycles. The molecule has 1 fully saturated rings. The van der Waals surface area contributed by atoms with Crippen LogP contribution in [0.25, 0.3) is 10.9 Å². The van der Waals surface area contributed by atoms with E-state index in [0.717, 1.165) is 16.5 Å². The summed E-state index contributed by atoms with van der Waals surface area (Å²) in [4.78, 5) is 39.2. The standard InChI is InChI=1S/C22H17N5O4/c1-31-15-6-5-14-11-27(19(28)16(14)9-15)12-22(20(29)24-21(30)25-22)8-7-13-3-2-4-18-17(13)10-23-26-18/h2-6,9-10H,11-12H2,1H3,(H,23,26)(H2,24,25,29,30)/t22-/m1/s1. The zero-order valence-corrected chi connectivity index (χ0v) is 16.5. The average Bonchev–Trinajstić information content (AvgIpc) is 3.43. The summed E-state index contributed by atoms with van der Waals surface area (Å²) in [6.07, 6.45) is 1.65. The molecule has 3 aromatic rings. The first kappa shape index (κ1) is 18.7. The Bertz CT molecular complexity index is 1320. The number of methoxy groups -OCH3 is 1. The van der Waals surface area contributed by atoms with Gasteiger partial charge in [-0.05, 0) is 29.8 Å². The van der Waals surface area contributed by atoms with Gasteiger partial charge in [0.15, 0.2) is 0 Å². The number of ether oxygens (including phenoxy) is 1. The molecule has 0 saturated carbocycles. The normalized spacial score (nSPS) is 19.6. The highest BCUT2D eigenvalue weighted by Gasteiger charge is 2.48. The highest BCUT2D eigenvalue weighted by Crippen LogP contribution is 2.28. The van der Waals surface area contributed by atoms with Gasteiger partial charge in [-0.25, -0.2) is 4.79 Å². The lowest BCUT2D eigenvalue weighted by Gasteiger charge is -2.26. The van der Waals surface area contributed by atoms with Crippen LogP contribution in [0.15, 0.2) is 42.6 Å². The Morgan fingerprint density at radius 1 is 1.23 bits per heavy atom. The monoisotopic (exact) mass is 415 g/mol. The van der Waals surface area contributed by atoms with E-state index in [-0.39, 0.29) is 12.5 Å². The molecule has 9 heteroatoms. The van der Waals surface area contributed by atoms with Gasteiger partial charge in [0, 0.05) is 23.1 Å². The van der Waals surface area contributed by atoms with Gasteiger partial charge in [0.05, 0.1) is 25.4 Å². The van der Waals surface area contributed by atoms with E-state index in [2.05, 4.69) is 32.7 Å². The fourth-order valence-corrected chi connectivity index (χ4v) is 3.86. The van der Waals surface area contributed by atoms with Crippen LogP contribution in [0.2, 0.25) is 0 Å². The zero-order chi connectivity index (χ0) is 21.6. The molecule has 0 radical (unpaired) electrons. The molecule has 0 spiro atoms. The third kappa shape index (κ3) is 3.05. The molecule has 9 nitrogen and oxygen atoms in total. The van der Waals surface area contributed by atoms with Crippen LogP contribution in [0.4, 0.5) is 4.79 Å². The maximum atomic E-state index is 13.0. The number of carbonyl (C=O) groups is 3. The summed E-state index contributed by atoms with van der Waals surface area (Å²) >= 11 is 0. The van der Waals surface area contributed by atoms with E-state index < -0.39 is 17.5 Å². The smallest absolute Gasteiger partial charge is 0.323 e. The van der Waals surface area contributed by atoms with E-state index in [1.807, 2.05) is 18.2 Å². The Balaban J connectivity index is 1.50. The second-order valence-corrected chi connectivity index (χ2v) is 7.38. The Morgan fingerprint density at radius 3 is 2.87 bits per heavy atom. The topological polar surface area (TPSA) is 116 Å². The average molecular weight is 415 g/mol. The largest absolute Gasteiger partial charge is 0.497 e. The number of hydrogen-bond donors (Lipinski definition) is 3. The highest BCUT2D eigenvalue weighted by atomic mass is 16.5. The maximum absolute atomic E-state index is 13.0. The highest BCUT2D eigenvalue weighted by molar-refractivity contribution is 6.10. The van der Waals surface area contributed by atoms with Crippen LogP contribution in [0.5, 0.6) is 5.75 Å². The van der Waals surface area contributed by atoms with Crippen molar-refractivity contribution < 1.29 is 19.1 Å². The second-order valence-electron chi connectivity index (χ2n) is 7.38. The molecule has 5 rings (SSSR count). The molecule has 1 aromatic heterocycles. The number of imide groups is 1. The first-order chi connectivity index (χ1) is 15.0. The maximum Gasteiger partial charge on any atom is 0.323 e. The summed E-state index contributed by atoms with van der Waals surface area (Å²) in [7, 11) is 1.53. The summed E-state index contributed by atoms with van der Waals surface area (Å²) in [5.74, 6) is 5.64. The van der Waals surface area contributed by atoms with Crippen molar-refractivity contribution in [3.8, 4) is 17.6 Å². The van der Waals surface area contributed by atoms with Crippen LogP contribution in [-0.2, 0) is 11.3 Å². The lowest BCUT2D eigenvalue weighted by molar-refractivity contribution is -0.122. The quantitative estimate of drug-likeness (QED) is 0.438. The number of amides is 4. The number of hydrogen-bond acceptors (Lipinski definition) is 5. The molecule has 31 heavy (non-hydrogen) atoms. The third-order valence-electron chi connectivity index (χ3n) is 5.46. The van der Waals surface area contributed by atoms with Gasteiger partial charge in [0.25, 0.3) is 11.8 Å². The number of nitrogens with zero attached hydrogens (tertiary/aromatic N) is 2. The van der Waals surface area contributed by atoms with Crippen molar-refractivity contribution in [2.75, 3.05) is 13.7 Å². The van der Waals surface area contributed by atoms with Gasteiger partial charge in [-0.1, -0.05) is 24.0 Å². The molecule has 0 unspecified atom stereocenters. The third-order valence-corrected chi connectivity index (χ3v) is 5.46. The van der Waals surface area contributed by atoms with Gasteiger partial charge in [-0.2, -0.15) is 5.10 Å². The fraction of sp³-hybridized carbons (Fsp3) is 0.182. The van der Waals surface area contributed by atoms with Gasteiger partial charge in [0.2, 0.25) is 5.54 Å². The number of H-pyrrole nitrogens is 1. The summed E-state index contributed by atoms with van der Waals surface area (Å²) in [6.45, 7) is 0.219. The minimum atomic E-state index is -1.56. The Hall–Kier alpha value is -4.32. The zero-order valence-electron chi connectivity index (χ0n) is 16.5. The minimum absolute atomic E-state index is 0.0885. The number of rotatable bonds is 3. The number of nitrogens with one attached hydrogen (secondary N) is 3. The van der Waals surface area contributed by atoms with Crippen molar-refractivity contribution in [3.05, 3.63) is 59.3 Å². The number of urea groups is 1. The summed E-state index contributed by atoms with van der Waals surface area (Å²) in [5, 5.41) is 12.5. The van der Waals surface area contributed by atoms with Crippen LogP contribution in [0.3, 0.4) is 0 Å². The lowest BCUT2D eigenvalue weighted by atomic mass is 9.98. The van der Waals surface area contributed by atoms with Gasteiger partial charge in [-0.15, -0.1) is 0 Å². The predicted molar refractivity (Wildman–Crippen MR) is 110 cm³/mol. The number of benzene rings is 2. The Labute approximate surface area is 176 Å². The molecular formula is C22H17N5O4. The predicted octanol–water partition coefficient (Wildman–Crippen LogP) is 1.16. The lowest BCUT2D eigenvalue weighted by Crippen LogP contribution is -2.54. The van der Waals surface area contributed by atoms with Crippen molar-refractivity contribution in [2.24, 2.45) is 0 Å². The van der Waals surface area contributed by atoms with E-state index in [0.29, 0.717) is 23.4 Å². The van der Waals surface area contributed by atoms with Crippen molar-refractivity contribution in [3.63, 3.8) is 0 Å². The van der Waals surface area contributed by atoms with Gasteiger partial charge >= 0.3 is 6.03 Å². The van der Waals surface area contributed by atoms with E-state index in [1.54, 1.807) is 24.4 Å². The number of fused-ring (bicyclic) bond motifs is 2. The van der Waals surface area contributed by atoms with Gasteiger partial charge in [0.1, 0.15) is 5.75 Å². The first-order valence-electron chi connectivity index (χ1n) is 9.54. The van der Waals surface area contributed by atoms with Crippen LogP contribution >= 0.6 is 0 Å². The molecule has 0 bridgehead atoms. The molecule has 1 saturated heterocycles. The number of aromatic nitrogens is 2. The molecular weight excluding hydrogens is 398 g/mol. The van der Waals surface area contributed by atoms with Crippen molar-refractivity contribution in [1.82, 2.24) is 25.7 Å². The summed E-state index contributed by atoms with van der Waals surface area (Å²) in [6, 6.07) is 10.1. The molecule has 154 valence electrons. The van der Waals surface area contributed by atoms with Gasteiger partial charge in [-0.3, -0.25) is 20.0 Å². The summed E-state index contributed by atoms with van der Waals surface area (Å²) in [5.41, 5.74) is 1.22. The van der Waals surface area contributed by atoms with Gasteiger partial charge < -0.3 is 15.0 Å². The SMILES string of the molecule is COc1ccc2c(c1)C(=O)N(C[C@@]1(C#Cc3cccc4[nH]ncc34)NC(=O)NC1=O)C2. The van der Waals surface area contributed by atoms with Crippen LogP contribution in [-0.4, -0.2) is 52.1 Å². The van der Waals surface area contributed by atoms with E-state index in [1.165, 1.54) is 12.0 Å². The molecule has 3 heterocycles. The molecule has 2 aliphatic rings. The first-order valence-corrected chi connectivity index (χ1v) is 9.54.